The number of aromatic hydroxyl groups is 1. The molecule has 1 N–H and O–H groups in total. The number of non-ortho nitro benzene ring substituents is 2. The first-order valence-corrected chi connectivity index (χ1v) is 13.2. The van der Waals surface area contributed by atoms with Crippen LogP contribution in [0.3, 0.4) is 0 Å². The number of hydrogen-bond donors (Lipinski definition) is 1. The number of likely N-dealkylation sites (tertiary alicyclic amines) is 2. The van der Waals surface area contributed by atoms with E-state index in [4.69, 9.17) is 20.4 Å². The highest BCUT2D eigenvalue weighted by molar-refractivity contribution is 9.09. The molecule has 0 aromatic heterocycles. The normalized spacial score (nSPS) is 16.3. The van der Waals surface area contributed by atoms with Gasteiger partial charge in [0.15, 0.2) is 0 Å². The molecule has 0 spiro atoms. The summed E-state index contributed by atoms with van der Waals surface area (Å²) in [6.45, 7) is 4.38. The second-order valence-corrected chi connectivity index (χ2v) is 10.5. The molecule has 2 aliphatic rings. The van der Waals surface area contributed by atoms with E-state index in [1.54, 1.807) is 6.07 Å². The molecule has 0 aliphatic carbocycles. The smallest absolute Gasteiger partial charge is 0.273 e. The van der Waals surface area contributed by atoms with Gasteiger partial charge >= 0.3 is 0 Å². The highest BCUT2D eigenvalue weighted by Gasteiger charge is 2.21. The molecule has 208 valence electrons. The fourth-order valence-corrected chi connectivity index (χ4v) is 4.21. The monoisotopic (exact) mass is 602 g/mol. The van der Waals surface area contributed by atoms with E-state index < -0.39 is 9.85 Å². The van der Waals surface area contributed by atoms with Crippen molar-refractivity contribution < 1.29 is 19.7 Å². The Morgan fingerprint density at radius 3 is 1.77 bits per heavy atom. The van der Waals surface area contributed by atoms with Gasteiger partial charge in [-0.3, -0.25) is 20.2 Å². The molecule has 2 aliphatic heterocycles. The lowest BCUT2D eigenvalue weighted by molar-refractivity contribution is -0.385. The molecule has 12 nitrogen and oxygen atoms in total. The van der Waals surface area contributed by atoms with E-state index in [0.29, 0.717) is 11.3 Å². The van der Waals surface area contributed by atoms with Crippen LogP contribution in [0, 0.1) is 42.9 Å². The first-order chi connectivity index (χ1) is 18.5. The number of phenols is 1. The number of nitrogens with zero attached hydrogens (tertiary/aromatic N) is 6. The predicted octanol–water partition coefficient (Wildman–Crippen LogP) is 4.59. The van der Waals surface area contributed by atoms with Gasteiger partial charge in [0.25, 0.3) is 11.4 Å². The highest BCUT2D eigenvalue weighted by atomic mass is 79.9. The maximum Gasteiger partial charge on any atom is 0.273 e. The number of piperidine rings is 2. The van der Waals surface area contributed by atoms with E-state index >= 15 is 0 Å². The Morgan fingerprint density at radius 1 is 0.872 bits per heavy atom. The maximum absolute atomic E-state index is 10.7. The zero-order valence-electron chi connectivity index (χ0n) is 21.8. The van der Waals surface area contributed by atoms with Gasteiger partial charge in [0.05, 0.1) is 33.1 Å². The lowest BCUT2D eigenvalue weighted by Crippen LogP contribution is -2.35. The molecule has 39 heavy (non-hydrogen) atoms. The number of ether oxygens (including phenoxy) is 1. The number of nitro benzene ring substituents is 2. The molecule has 4 rings (SSSR count). The van der Waals surface area contributed by atoms with Gasteiger partial charge in [0, 0.05) is 30.0 Å². The quantitative estimate of drug-likeness (QED) is 0.296. The van der Waals surface area contributed by atoms with Crippen molar-refractivity contribution in [2.45, 2.75) is 36.6 Å². The van der Waals surface area contributed by atoms with Crippen molar-refractivity contribution in [1.29, 1.82) is 10.5 Å². The van der Waals surface area contributed by atoms with E-state index in [0.717, 1.165) is 42.9 Å². The largest absolute Gasteiger partial charge is 0.506 e. The fraction of sp³-hybridized carbons (Fsp3) is 0.462. The molecule has 2 heterocycles. The predicted molar refractivity (Wildman–Crippen MR) is 148 cm³/mol. The van der Waals surface area contributed by atoms with Crippen LogP contribution < -0.4 is 4.74 Å². The SMILES string of the molecule is CN1CCC(Br)CC1.CN1CCC(Oc2cc([N+](=O)[O-])ccc2C#N)CC1.N#Cc1ccc([N+](=O)[O-])cc1O. The third-order valence-electron chi connectivity index (χ3n) is 6.22. The van der Waals surface area contributed by atoms with Gasteiger partial charge in [0.1, 0.15) is 29.7 Å². The average molecular weight is 603 g/mol. The molecule has 2 saturated heterocycles. The zero-order chi connectivity index (χ0) is 28.9. The summed E-state index contributed by atoms with van der Waals surface area (Å²) in [4.78, 5) is 25.2. The van der Waals surface area contributed by atoms with Gasteiger partial charge < -0.3 is 19.6 Å². The second kappa shape index (κ2) is 15.6. The first-order valence-electron chi connectivity index (χ1n) is 12.3. The van der Waals surface area contributed by atoms with Crippen LogP contribution in [0.5, 0.6) is 11.5 Å². The van der Waals surface area contributed by atoms with Crippen LogP contribution in [0.2, 0.25) is 0 Å². The summed E-state index contributed by atoms with van der Waals surface area (Å²) in [5.41, 5.74) is 0.0820. The molecule has 0 amide bonds. The van der Waals surface area contributed by atoms with Gasteiger partial charge in [-0.15, -0.1) is 0 Å². The molecule has 13 heteroatoms. The summed E-state index contributed by atoms with van der Waals surface area (Å²) in [5.74, 6) is -0.0575. The second-order valence-electron chi connectivity index (χ2n) is 9.22. The van der Waals surface area contributed by atoms with Crippen LogP contribution >= 0.6 is 15.9 Å². The average Bonchev–Trinajstić information content (AvgIpc) is 2.92. The van der Waals surface area contributed by atoms with Gasteiger partial charge in [-0.2, -0.15) is 10.5 Å². The highest BCUT2D eigenvalue weighted by Crippen LogP contribution is 2.27. The van der Waals surface area contributed by atoms with E-state index in [-0.39, 0.29) is 28.8 Å². The number of benzene rings is 2. The molecule has 0 atom stereocenters. The van der Waals surface area contributed by atoms with Crippen molar-refractivity contribution in [3.8, 4) is 23.6 Å². The molecule has 0 radical (unpaired) electrons. The molecular weight excluding hydrogens is 572 g/mol. The molecule has 2 aromatic rings. The van der Waals surface area contributed by atoms with Crippen molar-refractivity contribution in [2.24, 2.45) is 0 Å². The number of hydrogen-bond acceptors (Lipinski definition) is 10. The lowest BCUT2D eigenvalue weighted by atomic mass is 10.1. The Kier molecular flexibility index (Phi) is 12.6. The summed E-state index contributed by atoms with van der Waals surface area (Å²) in [6, 6.07) is 11.1. The third-order valence-corrected chi connectivity index (χ3v) is 7.13. The summed E-state index contributed by atoms with van der Waals surface area (Å²) in [6.07, 6.45) is 4.38. The van der Waals surface area contributed by atoms with Crippen molar-refractivity contribution in [1.82, 2.24) is 9.80 Å². The van der Waals surface area contributed by atoms with E-state index in [1.807, 2.05) is 13.1 Å². The van der Waals surface area contributed by atoms with Crippen LogP contribution in [-0.4, -0.2) is 76.0 Å². The maximum atomic E-state index is 10.7. The number of alkyl halides is 1. The van der Waals surface area contributed by atoms with E-state index in [2.05, 4.69) is 32.8 Å². The minimum atomic E-state index is -0.638. The summed E-state index contributed by atoms with van der Waals surface area (Å²) >= 11 is 3.59. The number of nitro groups is 2. The van der Waals surface area contributed by atoms with Crippen LogP contribution in [0.4, 0.5) is 11.4 Å². The topological polar surface area (TPSA) is 170 Å². The van der Waals surface area contributed by atoms with Crippen LogP contribution in [0.1, 0.15) is 36.8 Å². The summed E-state index contributed by atoms with van der Waals surface area (Å²) < 4.78 is 5.76. The Labute approximate surface area is 235 Å². The van der Waals surface area contributed by atoms with E-state index in [1.165, 1.54) is 50.2 Å². The molecule has 0 bridgehead atoms. The Balaban J connectivity index is 0.000000227. The molecule has 2 fully saturated rings. The van der Waals surface area contributed by atoms with Crippen LogP contribution in [-0.2, 0) is 0 Å². The van der Waals surface area contributed by atoms with Crippen molar-refractivity contribution >= 4 is 27.3 Å². The molecule has 2 aromatic carbocycles. The van der Waals surface area contributed by atoms with E-state index in [9.17, 15) is 20.2 Å². The Morgan fingerprint density at radius 2 is 1.33 bits per heavy atom. The van der Waals surface area contributed by atoms with Crippen LogP contribution in [0.15, 0.2) is 36.4 Å². The Bertz CT molecular complexity index is 1200. The van der Waals surface area contributed by atoms with Gasteiger partial charge in [-0.05, 0) is 65.0 Å². The van der Waals surface area contributed by atoms with Crippen molar-refractivity contribution in [3.05, 3.63) is 67.8 Å². The molecular formula is C26H31BrN6O6. The van der Waals surface area contributed by atoms with Crippen LogP contribution in [0.25, 0.3) is 0 Å². The first kappa shape index (κ1) is 31.4. The summed E-state index contributed by atoms with van der Waals surface area (Å²) in [5, 5.41) is 47.3. The number of nitriles is 2. The van der Waals surface area contributed by atoms with Gasteiger partial charge in [-0.25, -0.2) is 0 Å². The van der Waals surface area contributed by atoms with Crippen molar-refractivity contribution in [3.63, 3.8) is 0 Å². The van der Waals surface area contributed by atoms with Crippen molar-refractivity contribution in [2.75, 3.05) is 40.3 Å². The van der Waals surface area contributed by atoms with Gasteiger partial charge in [0.2, 0.25) is 0 Å². The standard InChI is InChI=1S/C13H15N3O3.C7H4N2O3.C6H12BrN/c1-15-6-4-12(5-7-15)19-13-8-11(16(17)18)3-2-10(13)9-14;8-4-5-1-2-6(9(11)12)3-7(5)10;1-8-4-2-6(7)3-5-8/h2-3,8,12H,4-7H2,1H3;1-3,10H;6H,2-5H2,1H3. The number of rotatable bonds is 4. The minimum absolute atomic E-state index is 0.0188. The number of phenolic OH excluding ortho intramolecular Hbond substituents is 1. The molecule has 0 unspecified atom stereocenters. The number of halogens is 1. The molecule has 0 saturated carbocycles. The van der Waals surface area contributed by atoms with Gasteiger partial charge in [-0.1, -0.05) is 15.9 Å². The third kappa shape index (κ3) is 10.5. The zero-order valence-corrected chi connectivity index (χ0v) is 23.4. The lowest BCUT2D eigenvalue weighted by Gasteiger charge is -2.29. The summed E-state index contributed by atoms with van der Waals surface area (Å²) in [7, 11) is 4.23. The Hall–Kier alpha value is -3.78. The fourth-order valence-electron chi connectivity index (χ4n) is 3.80. The minimum Gasteiger partial charge on any atom is -0.506 e.